The Hall–Kier alpha value is -1.84. The summed E-state index contributed by atoms with van der Waals surface area (Å²) in [6.07, 6.45) is 0.871. The van der Waals surface area contributed by atoms with Crippen molar-refractivity contribution in [3.63, 3.8) is 0 Å². The van der Waals surface area contributed by atoms with Gasteiger partial charge in [0.2, 0.25) is 5.91 Å². The Bertz CT molecular complexity index is 526. The van der Waals surface area contributed by atoms with E-state index < -0.39 is 11.9 Å². The van der Waals surface area contributed by atoms with E-state index in [1.54, 1.807) is 18.9 Å². The fourth-order valence-corrected chi connectivity index (χ4v) is 2.68. The van der Waals surface area contributed by atoms with Crippen molar-refractivity contribution in [2.45, 2.75) is 26.2 Å². The summed E-state index contributed by atoms with van der Waals surface area (Å²) in [6, 6.07) is 8.13. The van der Waals surface area contributed by atoms with Crippen LogP contribution in [0.25, 0.3) is 0 Å². The van der Waals surface area contributed by atoms with Crippen LogP contribution in [0.1, 0.15) is 30.4 Å². The van der Waals surface area contributed by atoms with Crippen molar-refractivity contribution in [3.05, 3.63) is 35.4 Å². The maximum absolute atomic E-state index is 12.3. The van der Waals surface area contributed by atoms with Crippen molar-refractivity contribution in [2.75, 3.05) is 13.6 Å². The van der Waals surface area contributed by atoms with Gasteiger partial charge in [-0.15, -0.1) is 0 Å². The first-order valence-corrected chi connectivity index (χ1v) is 6.95. The van der Waals surface area contributed by atoms with Gasteiger partial charge in [0.1, 0.15) is 0 Å². The summed E-state index contributed by atoms with van der Waals surface area (Å²) in [6.45, 7) is 3.95. The number of aryl methyl sites for hydroxylation is 1. The molecule has 1 aliphatic carbocycles. The van der Waals surface area contributed by atoms with Crippen LogP contribution in [0.5, 0.6) is 0 Å². The number of benzene rings is 1. The minimum absolute atomic E-state index is 0.0158. The number of carbonyl (C=O) groups excluding carboxylic acids is 1. The number of hydrogen-bond donors (Lipinski definition) is 1. The maximum Gasteiger partial charge on any atom is 0.308 e. The van der Waals surface area contributed by atoms with Crippen molar-refractivity contribution in [2.24, 2.45) is 11.8 Å². The predicted octanol–water partition coefficient (Wildman–Crippen LogP) is 2.28. The first kappa shape index (κ1) is 14.6. The molecule has 0 radical (unpaired) electrons. The molecule has 1 aromatic carbocycles. The number of carboxylic acids is 1. The Balaban J connectivity index is 1.96. The largest absolute Gasteiger partial charge is 0.481 e. The molecule has 1 amide bonds. The normalized spacial score (nSPS) is 22.1. The number of nitrogens with zero attached hydrogens (tertiary/aromatic N) is 1. The van der Waals surface area contributed by atoms with E-state index in [0.717, 1.165) is 6.42 Å². The molecule has 0 bridgehead atoms. The third-order valence-corrected chi connectivity index (χ3v) is 4.04. The van der Waals surface area contributed by atoms with Gasteiger partial charge in [0.05, 0.1) is 5.92 Å². The van der Waals surface area contributed by atoms with Crippen LogP contribution in [-0.2, 0) is 9.59 Å². The molecule has 20 heavy (non-hydrogen) atoms. The summed E-state index contributed by atoms with van der Waals surface area (Å²) in [5.41, 5.74) is 2.46. The summed E-state index contributed by atoms with van der Waals surface area (Å²) in [5, 5.41) is 8.90. The summed E-state index contributed by atoms with van der Waals surface area (Å²) >= 11 is 0. The smallest absolute Gasteiger partial charge is 0.308 e. The summed E-state index contributed by atoms with van der Waals surface area (Å²) in [5.74, 6) is -1.02. The molecule has 108 valence electrons. The second-order valence-corrected chi connectivity index (χ2v) is 5.76. The minimum atomic E-state index is -0.865. The number of carboxylic acid groups (broad SMARTS) is 1. The van der Waals surface area contributed by atoms with Gasteiger partial charge in [0, 0.05) is 19.5 Å². The number of rotatable bonds is 5. The van der Waals surface area contributed by atoms with Gasteiger partial charge in [-0.05, 0) is 30.4 Å². The van der Waals surface area contributed by atoms with Crippen LogP contribution in [0.3, 0.4) is 0 Å². The molecule has 0 unspecified atom stereocenters. The fraction of sp³-hybridized carbons (Fsp3) is 0.500. The van der Waals surface area contributed by atoms with Crippen LogP contribution in [0.4, 0.5) is 0 Å². The lowest BCUT2D eigenvalue weighted by Crippen LogP contribution is -2.34. The molecule has 2 rings (SSSR count). The molecule has 3 atom stereocenters. The topological polar surface area (TPSA) is 57.6 Å². The lowest BCUT2D eigenvalue weighted by atomic mass is 10.0. The molecule has 0 spiro atoms. The zero-order chi connectivity index (χ0) is 14.9. The number of carbonyl (C=O) groups is 2. The third-order valence-electron chi connectivity index (χ3n) is 4.04. The summed E-state index contributed by atoms with van der Waals surface area (Å²) in [7, 11) is 1.69. The first-order valence-electron chi connectivity index (χ1n) is 6.95. The van der Waals surface area contributed by atoms with Gasteiger partial charge in [0.25, 0.3) is 0 Å². The number of aliphatic carboxylic acids is 1. The van der Waals surface area contributed by atoms with Crippen molar-refractivity contribution in [1.82, 2.24) is 4.90 Å². The van der Waals surface area contributed by atoms with E-state index in [4.69, 9.17) is 5.11 Å². The maximum atomic E-state index is 12.3. The van der Waals surface area contributed by atoms with Crippen molar-refractivity contribution >= 4 is 11.9 Å². The molecule has 0 aliphatic heterocycles. The van der Waals surface area contributed by atoms with Gasteiger partial charge < -0.3 is 10.0 Å². The second kappa shape index (κ2) is 5.65. The van der Waals surface area contributed by atoms with E-state index in [1.807, 2.05) is 12.1 Å². The Morgan fingerprint density at radius 1 is 1.40 bits per heavy atom. The van der Waals surface area contributed by atoms with E-state index in [9.17, 15) is 9.59 Å². The third kappa shape index (κ3) is 3.00. The molecule has 0 aromatic heterocycles. The van der Waals surface area contributed by atoms with Gasteiger partial charge in [0.15, 0.2) is 0 Å². The van der Waals surface area contributed by atoms with Crippen LogP contribution < -0.4 is 0 Å². The van der Waals surface area contributed by atoms with Gasteiger partial charge in [-0.1, -0.05) is 31.2 Å². The molecular weight excluding hydrogens is 254 g/mol. The molecule has 0 heterocycles. The molecular formula is C16H21NO3. The Kier molecular flexibility index (Phi) is 4.12. The second-order valence-electron chi connectivity index (χ2n) is 5.76. The lowest BCUT2D eigenvalue weighted by Gasteiger charge is -2.19. The molecule has 1 aromatic rings. The highest BCUT2D eigenvalue weighted by molar-refractivity contribution is 5.83. The number of hydrogen-bond acceptors (Lipinski definition) is 2. The van der Waals surface area contributed by atoms with E-state index in [0.29, 0.717) is 5.92 Å². The lowest BCUT2D eigenvalue weighted by molar-refractivity contribution is -0.142. The standard InChI is InChI=1S/C16H21NO3/c1-10-6-4-5-7-12(10)13-8-14(13)15(18)17(3)9-11(2)16(19)20/h4-7,11,13-14H,8-9H2,1-3H3,(H,19,20)/t11-,13-,14+/m0/s1. The molecule has 1 fully saturated rings. The monoisotopic (exact) mass is 275 g/mol. The first-order chi connectivity index (χ1) is 9.41. The SMILES string of the molecule is Cc1ccccc1[C@@H]1C[C@H]1C(=O)N(C)C[C@H](C)C(=O)O. The Morgan fingerprint density at radius 2 is 2.05 bits per heavy atom. The highest BCUT2D eigenvalue weighted by Crippen LogP contribution is 2.49. The highest BCUT2D eigenvalue weighted by atomic mass is 16.4. The molecule has 4 nitrogen and oxygen atoms in total. The van der Waals surface area contributed by atoms with Crippen LogP contribution in [-0.4, -0.2) is 35.5 Å². The van der Waals surface area contributed by atoms with Crippen molar-refractivity contribution in [1.29, 1.82) is 0 Å². The Labute approximate surface area is 119 Å². The van der Waals surface area contributed by atoms with Crippen molar-refractivity contribution in [3.8, 4) is 0 Å². The quantitative estimate of drug-likeness (QED) is 0.897. The molecule has 4 heteroatoms. The van der Waals surface area contributed by atoms with E-state index in [2.05, 4.69) is 19.1 Å². The van der Waals surface area contributed by atoms with Crippen molar-refractivity contribution < 1.29 is 14.7 Å². The van der Waals surface area contributed by atoms with Crippen LogP contribution in [0, 0.1) is 18.8 Å². The summed E-state index contributed by atoms with van der Waals surface area (Å²) < 4.78 is 0. The minimum Gasteiger partial charge on any atom is -0.481 e. The average molecular weight is 275 g/mol. The number of amides is 1. The zero-order valence-electron chi connectivity index (χ0n) is 12.2. The zero-order valence-corrected chi connectivity index (χ0v) is 12.2. The van der Waals surface area contributed by atoms with E-state index in [-0.39, 0.29) is 18.4 Å². The van der Waals surface area contributed by atoms with Crippen LogP contribution in [0.15, 0.2) is 24.3 Å². The van der Waals surface area contributed by atoms with Gasteiger partial charge >= 0.3 is 5.97 Å². The molecule has 1 saturated carbocycles. The molecule has 0 saturated heterocycles. The van der Waals surface area contributed by atoms with Crippen LogP contribution >= 0.6 is 0 Å². The highest BCUT2D eigenvalue weighted by Gasteiger charge is 2.45. The van der Waals surface area contributed by atoms with Crippen LogP contribution in [0.2, 0.25) is 0 Å². The van der Waals surface area contributed by atoms with E-state index >= 15 is 0 Å². The predicted molar refractivity (Wildman–Crippen MR) is 76.5 cm³/mol. The molecule has 1 N–H and O–H groups in total. The fourth-order valence-electron chi connectivity index (χ4n) is 2.68. The van der Waals surface area contributed by atoms with Gasteiger partial charge in [-0.25, -0.2) is 0 Å². The van der Waals surface area contributed by atoms with E-state index in [1.165, 1.54) is 11.1 Å². The Morgan fingerprint density at radius 3 is 2.65 bits per heavy atom. The molecule has 1 aliphatic rings. The van der Waals surface area contributed by atoms with Gasteiger partial charge in [-0.3, -0.25) is 9.59 Å². The summed E-state index contributed by atoms with van der Waals surface area (Å²) in [4.78, 5) is 24.7. The average Bonchev–Trinajstić information content (AvgIpc) is 3.18. The van der Waals surface area contributed by atoms with Gasteiger partial charge in [-0.2, -0.15) is 0 Å².